The van der Waals surface area contributed by atoms with Gasteiger partial charge in [0.2, 0.25) is 0 Å². The van der Waals surface area contributed by atoms with Crippen LogP contribution >= 0.6 is 23.1 Å². The topological polar surface area (TPSA) is 0 Å². The van der Waals surface area contributed by atoms with Crippen molar-refractivity contribution in [3.63, 3.8) is 0 Å². The van der Waals surface area contributed by atoms with E-state index in [4.69, 9.17) is 0 Å². The number of fused-ring (bicyclic) bond motifs is 2. The third-order valence-corrected chi connectivity index (χ3v) is 16.3. The van der Waals surface area contributed by atoms with Crippen molar-refractivity contribution in [2.45, 2.75) is 18.3 Å². The van der Waals surface area contributed by atoms with E-state index in [-0.39, 0.29) is 0 Å². The van der Waals surface area contributed by atoms with Gasteiger partial charge in [-0.25, -0.2) is 0 Å². The van der Waals surface area contributed by atoms with Gasteiger partial charge in [-0.2, -0.15) is 0 Å². The quantitative estimate of drug-likeness (QED) is 0.158. The molecule has 0 saturated carbocycles. The summed E-state index contributed by atoms with van der Waals surface area (Å²) >= 11 is 3.86. The minimum Gasteiger partial charge on any atom is -0.135 e. The van der Waals surface area contributed by atoms with Crippen LogP contribution in [0.5, 0.6) is 0 Å². The van der Waals surface area contributed by atoms with Crippen molar-refractivity contribution in [1.29, 1.82) is 0 Å². The lowest BCUT2D eigenvalue weighted by Gasteiger charge is -2.27. The Bertz CT molecular complexity index is 2320. The van der Waals surface area contributed by atoms with E-state index in [0.717, 1.165) is 0 Å². The molecule has 2 unspecified atom stereocenters. The van der Waals surface area contributed by atoms with Gasteiger partial charge in [0.05, 0.1) is 0 Å². The highest BCUT2D eigenvalue weighted by Crippen LogP contribution is 2.56. The molecule has 9 rings (SSSR count). The molecule has 0 fully saturated rings. The van der Waals surface area contributed by atoms with Crippen molar-refractivity contribution >= 4 is 67.7 Å². The molecule has 3 heterocycles. The molecule has 2 aliphatic heterocycles. The Labute approximate surface area is 298 Å². The van der Waals surface area contributed by atoms with Gasteiger partial charge in [-0.1, -0.05) is 171 Å². The van der Waals surface area contributed by atoms with Crippen LogP contribution in [0.25, 0.3) is 47.0 Å². The van der Waals surface area contributed by atoms with E-state index in [1.165, 1.54) is 74.8 Å². The standard InChI is InChI=1S/C46H36S2Si/c1-49(2)45(35-25-21-31(22-26-35)41-29-37-17-9-11-19-39(37)47-41)43(33-13-5-3-6-14-33)44(34-15-7-4-8-16-34)46(49)36-27-23-32(24-28-36)42-30-38-18-10-12-20-40(38)48-42/h3-30,37,39H,1-2H3. The highest BCUT2D eigenvalue weighted by Gasteiger charge is 2.43. The molecule has 0 N–H and O–H groups in total. The minimum absolute atomic E-state index is 0.490. The van der Waals surface area contributed by atoms with Crippen molar-refractivity contribution in [3.8, 4) is 10.4 Å². The number of hydrogen-bond acceptors (Lipinski definition) is 2. The summed E-state index contributed by atoms with van der Waals surface area (Å²) < 4.78 is 1.34. The molecule has 0 saturated heterocycles. The lowest BCUT2D eigenvalue weighted by atomic mass is 9.89. The fourth-order valence-corrected chi connectivity index (χ4v) is 14.1. The van der Waals surface area contributed by atoms with Gasteiger partial charge in [-0.05, 0) is 72.4 Å². The lowest BCUT2D eigenvalue weighted by Crippen LogP contribution is -2.28. The number of benzene rings is 5. The summed E-state index contributed by atoms with van der Waals surface area (Å²) in [5, 5.41) is 4.85. The third kappa shape index (κ3) is 5.38. The van der Waals surface area contributed by atoms with Crippen molar-refractivity contribution in [1.82, 2.24) is 0 Å². The molecule has 3 heteroatoms. The van der Waals surface area contributed by atoms with Crippen LogP contribution in [0.15, 0.2) is 170 Å². The van der Waals surface area contributed by atoms with E-state index in [0.29, 0.717) is 11.2 Å². The molecule has 2 atom stereocenters. The summed E-state index contributed by atoms with van der Waals surface area (Å²) in [4.78, 5) is 2.71. The Balaban J connectivity index is 1.18. The van der Waals surface area contributed by atoms with Crippen LogP contribution in [0.3, 0.4) is 0 Å². The SMILES string of the molecule is C[Si]1(C)C(c2ccc(C3=CC4C=CC=CC4S3)cc2)=C(c2ccccc2)C(c2ccccc2)=C1c1ccc(-c2cc3ccccc3s2)cc1. The first-order chi connectivity index (χ1) is 24.0. The summed E-state index contributed by atoms with van der Waals surface area (Å²) in [6.07, 6.45) is 11.5. The monoisotopic (exact) mass is 680 g/mol. The van der Waals surface area contributed by atoms with E-state index < -0.39 is 8.07 Å². The second-order valence-corrected chi connectivity index (χ2v) is 20.2. The van der Waals surface area contributed by atoms with Gasteiger partial charge in [0.15, 0.2) is 0 Å². The van der Waals surface area contributed by atoms with Crippen molar-refractivity contribution < 1.29 is 0 Å². The van der Waals surface area contributed by atoms with E-state index in [1.807, 2.05) is 23.1 Å². The summed E-state index contributed by atoms with van der Waals surface area (Å²) in [7, 11) is -2.25. The van der Waals surface area contributed by atoms with Gasteiger partial charge in [0.25, 0.3) is 0 Å². The van der Waals surface area contributed by atoms with E-state index >= 15 is 0 Å². The van der Waals surface area contributed by atoms with E-state index in [1.54, 1.807) is 0 Å². The Morgan fingerprint density at radius 2 is 1.04 bits per heavy atom. The molecule has 1 aromatic heterocycles. The predicted octanol–water partition coefficient (Wildman–Crippen LogP) is 13.1. The zero-order valence-corrected chi connectivity index (χ0v) is 30.3. The molecule has 236 valence electrons. The molecule has 6 aromatic rings. The van der Waals surface area contributed by atoms with Gasteiger partial charge in [-0.15, -0.1) is 23.1 Å². The maximum atomic E-state index is 2.56. The second-order valence-electron chi connectivity index (χ2n) is 13.6. The largest absolute Gasteiger partial charge is 0.135 e. The van der Waals surface area contributed by atoms with Crippen LogP contribution in [0.4, 0.5) is 0 Å². The number of rotatable bonds is 6. The van der Waals surface area contributed by atoms with Gasteiger partial charge in [-0.3, -0.25) is 0 Å². The highest BCUT2D eigenvalue weighted by molar-refractivity contribution is 8.09. The molecule has 0 spiro atoms. The number of allylic oxidation sites excluding steroid dienone is 6. The maximum absolute atomic E-state index is 2.56. The highest BCUT2D eigenvalue weighted by atomic mass is 32.2. The average Bonchev–Trinajstić information content (AvgIpc) is 3.85. The summed E-state index contributed by atoms with van der Waals surface area (Å²) in [6, 6.07) is 52.2. The molecule has 0 nitrogen and oxygen atoms in total. The number of hydrogen-bond donors (Lipinski definition) is 0. The number of thiophene rings is 1. The molecular formula is C46H36S2Si. The smallest absolute Gasteiger partial charge is 0.115 e. The van der Waals surface area contributed by atoms with Crippen LogP contribution in [-0.2, 0) is 0 Å². The van der Waals surface area contributed by atoms with Gasteiger partial charge in [0.1, 0.15) is 8.07 Å². The molecule has 1 aliphatic carbocycles. The second kappa shape index (κ2) is 12.3. The summed E-state index contributed by atoms with van der Waals surface area (Å²) in [5.74, 6) is 0.490. The third-order valence-electron chi connectivity index (χ3n) is 10.2. The molecule has 3 aliphatic rings. The fraction of sp³-hybridized carbons (Fsp3) is 0.0870. The maximum Gasteiger partial charge on any atom is 0.115 e. The first-order valence-electron chi connectivity index (χ1n) is 17.1. The molecule has 0 amide bonds. The minimum atomic E-state index is -2.25. The van der Waals surface area contributed by atoms with Crippen LogP contribution in [0.2, 0.25) is 13.1 Å². The fourth-order valence-electron chi connectivity index (χ4n) is 7.92. The van der Waals surface area contributed by atoms with Gasteiger partial charge in [0, 0.05) is 25.7 Å². The first kappa shape index (κ1) is 30.4. The van der Waals surface area contributed by atoms with Crippen molar-refractivity contribution in [2.24, 2.45) is 5.92 Å². The van der Waals surface area contributed by atoms with Gasteiger partial charge >= 0.3 is 0 Å². The van der Waals surface area contributed by atoms with E-state index in [9.17, 15) is 0 Å². The molecule has 5 aromatic carbocycles. The Hall–Kier alpha value is -4.67. The average molecular weight is 681 g/mol. The van der Waals surface area contributed by atoms with Crippen LogP contribution in [0.1, 0.15) is 27.8 Å². The Morgan fingerprint density at radius 1 is 0.510 bits per heavy atom. The van der Waals surface area contributed by atoms with Gasteiger partial charge < -0.3 is 0 Å². The van der Waals surface area contributed by atoms with Crippen molar-refractivity contribution in [2.75, 3.05) is 0 Å². The zero-order chi connectivity index (χ0) is 33.0. The molecule has 49 heavy (non-hydrogen) atoms. The van der Waals surface area contributed by atoms with Crippen LogP contribution < -0.4 is 0 Å². The van der Waals surface area contributed by atoms with E-state index in [2.05, 4.69) is 183 Å². The number of thioether (sulfide) groups is 1. The lowest BCUT2D eigenvalue weighted by molar-refractivity contribution is 0.857. The van der Waals surface area contributed by atoms with Crippen LogP contribution in [-0.4, -0.2) is 13.3 Å². The first-order valence-corrected chi connectivity index (χ1v) is 21.8. The predicted molar refractivity (Wildman–Crippen MR) is 219 cm³/mol. The van der Waals surface area contributed by atoms with Crippen molar-refractivity contribution in [3.05, 3.63) is 198 Å². The molecule has 0 bridgehead atoms. The Morgan fingerprint density at radius 3 is 1.63 bits per heavy atom. The zero-order valence-electron chi connectivity index (χ0n) is 27.6. The summed E-state index contributed by atoms with van der Waals surface area (Å²) in [6.45, 7) is 5.12. The van der Waals surface area contributed by atoms with Crippen LogP contribution in [0, 0.1) is 5.92 Å². The molecular weight excluding hydrogens is 645 g/mol. The molecule has 0 radical (unpaired) electrons. The normalized spacial score (nSPS) is 19.5. The Kier molecular flexibility index (Phi) is 7.65. The summed E-state index contributed by atoms with van der Waals surface area (Å²) in [5.41, 5.74) is 10.6.